The molecular weight excluding hydrogens is 218 g/mol. The van der Waals surface area contributed by atoms with E-state index in [0.29, 0.717) is 11.6 Å². The summed E-state index contributed by atoms with van der Waals surface area (Å²) in [6, 6.07) is 7.25. The molecule has 0 unspecified atom stereocenters. The number of nitrogens with two attached hydrogens (primary N) is 1. The lowest BCUT2D eigenvalue weighted by atomic mass is 10.1. The summed E-state index contributed by atoms with van der Waals surface area (Å²) in [5.41, 5.74) is 7.40. The molecule has 0 spiro atoms. The summed E-state index contributed by atoms with van der Waals surface area (Å²) < 4.78 is 4.87. The normalized spacial score (nSPS) is 9.94. The first kappa shape index (κ1) is 11.1. The molecule has 1 aromatic carbocycles. The molecule has 0 aliphatic rings. The van der Waals surface area contributed by atoms with Gasteiger partial charge in [-0.3, -0.25) is 4.79 Å². The molecule has 2 aromatic rings. The maximum Gasteiger partial charge on any atom is 0.316 e. The Bertz CT molecular complexity index is 520. The van der Waals surface area contributed by atoms with Crippen molar-refractivity contribution >= 4 is 5.91 Å². The first-order valence-electron chi connectivity index (χ1n) is 4.97. The molecule has 1 heterocycles. The second-order valence-electron chi connectivity index (χ2n) is 3.40. The number of carbonyl (C=O) groups excluding carboxylic acids is 1. The Morgan fingerprint density at radius 2 is 1.71 bits per heavy atom. The van der Waals surface area contributed by atoms with Gasteiger partial charge < -0.3 is 10.5 Å². The number of methoxy groups -OCH3 is 1. The summed E-state index contributed by atoms with van der Waals surface area (Å²) in [6.45, 7) is 0. The van der Waals surface area contributed by atoms with Crippen molar-refractivity contribution in [2.45, 2.75) is 0 Å². The minimum atomic E-state index is -0.442. The zero-order valence-corrected chi connectivity index (χ0v) is 9.25. The van der Waals surface area contributed by atoms with Gasteiger partial charge in [0.25, 0.3) is 0 Å². The number of hydrogen-bond donors (Lipinski definition) is 1. The van der Waals surface area contributed by atoms with Crippen molar-refractivity contribution in [2.24, 2.45) is 5.73 Å². The number of hydrogen-bond acceptors (Lipinski definition) is 4. The number of amides is 1. The lowest BCUT2D eigenvalue weighted by molar-refractivity contribution is 0.100. The van der Waals surface area contributed by atoms with Crippen LogP contribution in [0.1, 0.15) is 10.4 Å². The van der Waals surface area contributed by atoms with E-state index in [0.717, 1.165) is 11.1 Å². The van der Waals surface area contributed by atoms with Crippen LogP contribution in [0, 0.1) is 0 Å². The van der Waals surface area contributed by atoms with Crippen molar-refractivity contribution in [3.05, 3.63) is 42.2 Å². The van der Waals surface area contributed by atoms with Crippen LogP contribution < -0.4 is 10.5 Å². The van der Waals surface area contributed by atoms with E-state index in [2.05, 4.69) is 9.97 Å². The van der Waals surface area contributed by atoms with Crippen LogP contribution in [0.5, 0.6) is 6.01 Å². The van der Waals surface area contributed by atoms with E-state index in [1.165, 1.54) is 7.11 Å². The number of primary amides is 1. The molecular formula is C12H11N3O2. The Labute approximate surface area is 98.3 Å². The highest BCUT2D eigenvalue weighted by Crippen LogP contribution is 2.18. The van der Waals surface area contributed by atoms with E-state index in [4.69, 9.17) is 10.5 Å². The van der Waals surface area contributed by atoms with E-state index >= 15 is 0 Å². The third-order valence-corrected chi connectivity index (χ3v) is 2.31. The van der Waals surface area contributed by atoms with Crippen LogP contribution in [0.2, 0.25) is 0 Å². The topological polar surface area (TPSA) is 78.1 Å². The van der Waals surface area contributed by atoms with Crippen molar-refractivity contribution in [3.63, 3.8) is 0 Å². The van der Waals surface area contributed by atoms with Crippen molar-refractivity contribution in [1.29, 1.82) is 0 Å². The SMILES string of the molecule is COc1ncc(-c2ccc(C(N)=O)cc2)cn1. The minimum absolute atomic E-state index is 0.322. The molecule has 0 radical (unpaired) electrons. The van der Waals surface area contributed by atoms with E-state index in [-0.39, 0.29) is 0 Å². The Morgan fingerprint density at radius 3 is 2.18 bits per heavy atom. The molecule has 1 amide bonds. The summed E-state index contributed by atoms with van der Waals surface area (Å²) in [5, 5.41) is 0. The van der Waals surface area contributed by atoms with Gasteiger partial charge in [0, 0.05) is 23.5 Å². The smallest absolute Gasteiger partial charge is 0.316 e. The average molecular weight is 229 g/mol. The molecule has 0 saturated heterocycles. The number of aromatic nitrogens is 2. The van der Waals surface area contributed by atoms with Gasteiger partial charge in [-0.1, -0.05) is 12.1 Å². The predicted molar refractivity (Wildman–Crippen MR) is 62.5 cm³/mol. The van der Waals surface area contributed by atoms with Gasteiger partial charge in [0.1, 0.15) is 0 Å². The van der Waals surface area contributed by atoms with Gasteiger partial charge in [0.15, 0.2) is 0 Å². The molecule has 17 heavy (non-hydrogen) atoms. The quantitative estimate of drug-likeness (QED) is 0.859. The third kappa shape index (κ3) is 2.39. The Hall–Kier alpha value is -2.43. The highest BCUT2D eigenvalue weighted by Gasteiger charge is 2.03. The molecule has 1 aromatic heterocycles. The van der Waals surface area contributed by atoms with Crippen LogP contribution >= 0.6 is 0 Å². The fourth-order valence-electron chi connectivity index (χ4n) is 1.40. The first-order valence-corrected chi connectivity index (χ1v) is 4.97. The van der Waals surface area contributed by atoms with E-state index in [1.54, 1.807) is 36.7 Å². The molecule has 0 atom stereocenters. The fourth-order valence-corrected chi connectivity index (χ4v) is 1.40. The summed E-state index contributed by atoms with van der Waals surface area (Å²) >= 11 is 0. The Kier molecular flexibility index (Phi) is 3.00. The van der Waals surface area contributed by atoms with Gasteiger partial charge in [-0.05, 0) is 17.7 Å². The maximum absolute atomic E-state index is 10.9. The maximum atomic E-state index is 10.9. The zero-order valence-electron chi connectivity index (χ0n) is 9.25. The monoisotopic (exact) mass is 229 g/mol. The molecule has 0 bridgehead atoms. The van der Waals surface area contributed by atoms with Crippen LogP contribution in [-0.4, -0.2) is 23.0 Å². The van der Waals surface area contributed by atoms with E-state index < -0.39 is 5.91 Å². The number of carbonyl (C=O) groups is 1. The summed E-state index contributed by atoms with van der Waals surface area (Å²) in [6.07, 6.45) is 3.32. The van der Waals surface area contributed by atoms with Crippen LogP contribution in [0.15, 0.2) is 36.7 Å². The van der Waals surface area contributed by atoms with Crippen molar-refractivity contribution < 1.29 is 9.53 Å². The second kappa shape index (κ2) is 4.61. The third-order valence-electron chi connectivity index (χ3n) is 2.31. The molecule has 0 fully saturated rings. The fraction of sp³-hybridized carbons (Fsp3) is 0.0833. The predicted octanol–water partition coefficient (Wildman–Crippen LogP) is 1.25. The standard InChI is InChI=1S/C12H11N3O2/c1-17-12-14-6-10(7-15-12)8-2-4-9(5-3-8)11(13)16/h2-7H,1H3,(H2,13,16). The van der Waals surface area contributed by atoms with Crippen molar-refractivity contribution in [2.75, 3.05) is 7.11 Å². The second-order valence-corrected chi connectivity index (χ2v) is 3.40. The van der Waals surface area contributed by atoms with Crippen LogP contribution in [0.3, 0.4) is 0 Å². The Morgan fingerprint density at radius 1 is 1.12 bits per heavy atom. The first-order chi connectivity index (χ1) is 8.20. The summed E-state index contributed by atoms with van der Waals surface area (Å²) in [5.74, 6) is -0.442. The molecule has 0 aliphatic heterocycles. The van der Waals surface area contributed by atoms with E-state index in [9.17, 15) is 4.79 Å². The number of rotatable bonds is 3. The van der Waals surface area contributed by atoms with Crippen LogP contribution in [-0.2, 0) is 0 Å². The highest BCUT2D eigenvalue weighted by molar-refractivity contribution is 5.93. The van der Waals surface area contributed by atoms with Gasteiger partial charge in [-0.25, -0.2) is 9.97 Å². The average Bonchev–Trinajstić information content (AvgIpc) is 2.39. The molecule has 0 saturated carbocycles. The Balaban J connectivity index is 2.29. The van der Waals surface area contributed by atoms with Gasteiger partial charge >= 0.3 is 6.01 Å². The van der Waals surface area contributed by atoms with Crippen LogP contribution in [0.4, 0.5) is 0 Å². The minimum Gasteiger partial charge on any atom is -0.467 e. The largest absolute Gasteiger partial charge is 0.467 e. The van der Waals surface area contributed by atoms with Crippen LogP contribution in [0.25, 0.3) is 11.1 Å². The van der Waals surface area contributed by atoms with Crippen molar-refractivity contribution in [3.8, 4) is 17.1 Å². The van der Waals surface area contributed by atoms with Gasteiger partial charge in [-0.2, -0.15) is 0 Å². The molecule has 2 N–H and O–H groups in total. The molecule has 86 valence electrons. The number of ether oxygens (including phenoxy) is 1. The molecule has 0 aliphatic carbocycles. The number of nitrogens with zero attached hydrogens (tertiary/aromatic N) is 2. The zero-order chi connectivity index (χ0) is 12.3. The number of benzene rings is 1. The van der Waals surface area contributed by atoms with Gasteiger partial charge in [-0.15, -0.1) is 0 Å². The lowest BCUT2D eigenvalue weighted by Crippen LogP contribution is -2.10. The summed E-state index contributed by atoms with van der Waals surface area (Å²) in [4.78, 5) is 18.9. The highest BCUT2D eigenvalue weighted by atomic mass is 16.5. The van der Waals surface area contributed by atoms with Gasteiger partial charge in [0.2, 0.25) is 5.91 Å². The molecule has 5 heteroatoms. The van der Waals surface area contributed by atoms with Crippen molar-refractivity contribution in [1.82, 2.24) is 9.97 Å². The molecule has 2 rings (SSSR count). The van der Waals surface area contributed by atoms with Gasteiger partial charge in [0.05, 0.1) is 7.11 Å². The summed E-state index contributed by atoms with van der Waals surface area (Å²) in [7, 11) is 1.51. The van der Waals surface area contributed by atoms with E-state index in [1.807, 2.05) is 0 Å². The molecule has 5 nitrogen and oxygen atoms in total. The lowest BCUT2D eigenvalue weighted by Gasteiger charge is -2.02.